The Morgan fingerprint density at radius 1 is 0.967 bits per heavy atom. The molecule has 0 aliphatic carbocycles. The van der Waals surface area contributed by atoms with E-state index in [4.69, 9.17) is 21.6 Å². The van der Waals surface area contributed by atoms with E-state index in [2.05, 4.69) is 11.9 Å². The van der Waals surface area contributed by atoms with Gasteiger partial charge in [-0.2, -0.15) is 0 Å². The zero-order valence-electron chi connectivity index (χ0n) is 16.5. The van der Waals surface area contributed by atoms with E-state index in [1.165, 1.54) is 0 Å². The molecule has 0 saturated carbocycles. The van der Waals surface area contributed by atoms with Gasteiger partial charge in [0.05, 0.1) is 23.0 Å². The minimum Gasteiger partial charge on any atom is -0.299 e. The number of benzene rings is 2. The molecule has 0 fully saturated rings. The highest BCUT2D eigenvalue weighted by molar-refractivity contribution is 6.30. The fourth-order valence-corrected chi connectivity index (χ4v) is 4.01. The number of rotatable bonds is 5. The number of halogens is 1. The van der Waals surface area contributed by atoms with Gasteiger partial charge in [-0.3, -0.25) is 13.9 Å². The molecule has 7 heteroatoms. The SMILES string of the molecule is CCCCCn1cnc2c(c1=O)c1nc3ccccc3nc1n2-c1cccc(Cl)c1. The van der Waals surface area contributed by atoms with Crippen molar-refractivity contribution < 1.29 is 0 Å². The molecular formula is C23H20ClN5O. The normalized spacial score (nSPS) is 11.7. The van der Waals surface area contributed by atoms with Gasteiger partial charge in [-0.15, -0.1) is 0 Å². The van der Waals surface area contributed by atoms with Crippen LogP contribution < -0.4 is 5.56 Å². The van der Waals surface area contributed by atoms with Crippen molar-refractivity contribution in [2.45, 2.75) is 32.7 Å². The van der Waals surface area contributed by atoms with Crippen LogP contribution in [0, 0.1) is 0 Å². The van der Waals surface area contributed by atoms with Crippen molar-refractivity contribution in [2.75, 3.05) is 0 Å². The van der Waals surface area contributed by atoms with Gasteiger partial charge >= 0.3 is 0 Å². The second kappa shape index (κ2) is 7.54. The van der Waals surface area contributed by atoms with E-state index < -0.39 is 0 Å². The standard InChI is InChI=1S/C23H20ClN5O/c1-2-3-6-12-28-14-25-21-19(23(28)30)20-22(27-18-11-5-4-10-17(18)26-20)29(21)16-9-7-8-15(24)13-16/h4-5,7-11,13-14H,2-3,6,12H2,1H3. The number of aromatic nitrogens is 5. The molecule has 30 heavy (non-hydrogen) atoms. The summed E-state index contributed by atoms with van der Waals surface area (Å²) in [6, 6.07) is 15.1. The first kappa shape index (κ1) is 18.8. The number of hydrogen-bond donors (Lipinski definition) is 0. The van der Waals surface area contributed by atoms with E-state index in [0.717, 1.165) is 36.0 Å². The first-order valence-corrected chi connectivity index (χ1v) is 10.5. The predicted octanol–water partition coefficient (Wildman–Crippen LogP) is 5.13. The molecule has 0 N–H and O–H groups in total. The summed E-state index contributed by atoms with van der Waals surface area (Å²) >= 11 is 6.25. The van der Waals surface area contributed by atoms with Gasteiger partial charge in [-0.25, -0.2) is 15.0 Å². The highest BCUT2D eigenvalue weighted by Gasteiger charge is 2.20. The molecule has 0 amide bonds. The van der Waals surface area contributed by atoms with Crippen LogP contribution in [-0.4, -0.2) is 24.1 Å². The molecule has 6 nitrogen and oxygen atoms in total. The van der Waals surface area contributed by atoms with E-state index in [1.807, 2.05) is 53.1 Å². The minimum absolute atomic E-state index is 0.0912. The molecule has 150 valence electrons. The number of aryl methyl sites for hydroxylation is 1. The number of unbranched alkanes of at least 4 members (excludes halogenated alkanes) is 2. The van der Waals surface area contributed by atoms with E-state index in [-0.39, 0.29) is 5.56 Å². The van der Waals surface area contributed by atoms with Gasteiger partial charge < -0.3 is 0 Å². The van der Waals surface area contributed by atoms with Crippen LogP contribution in [-0.2, 0) is 6.54 Å². The Bertz CT molecular complexity index is 1450. The Hall–Kier alpha value is -3.25. The summed E-state index contributed by atoms with van der Waals surface area (Å²) in [5.41, 5.74) is 3.91. The summed E-state index contributed by atoms with van der Waals surface area (Å²) in [6.45, 7) is 2.78. The van der Waals surface area contributed by atoms with Gasteiger partial charge in [0.1, 0.15) is 10.9 Å². The average Bonchev–Trinajstić information content (AvgIpc) is 3.07. The van der Waals surface area contributed by atoms with Crippen molar-refractivity contribution in [1.29, 1.82) is 0 Å². The van der Waals surface area contributed by atoms with Crippen molar-refractivity contribution in [3.63, 3.8) is 0 Å². The Morgan fingerprint density at radius 2 is 1.77 bits per heavy atom. The minimum atomic E-state index is -0.0912. The third kappa shape index (κ3) is 3.04. The van der Waals surface area contributed by atoms with Crippen molar-refractivity contribution >= 4 is 44.8 Å². The summed E-state index contributed by atoms with van der Waals surface area (Å²) in [5, 5.41) is 1.09. The predicted molar refractivity (Wildman–Crippen MR) is 120 cm³/mol. The molecule has 0 aliphatic rings. The van der Waals surface area contributed by atoms with Crippen molar-refractivity contribution in [2.24, 2.45) is 0 Å². The van der Waals surface area contributed by atoms with Crippen LogP contribution in [0.5, 0.6) is 0 Å². The van der Waals surface area contributed by atoms with Gasteiger partial charge in [-0.1, -0.05) is 49.6 Å². The average molecular weight is 418 g/mol. The topological polar surface area (TPSA) is 65.6 Å². The Morgan fingerprint density at radius 3 is 2.53 bits per heavy atom. The lowest BCUT2D eigenvalue weighted by molar-refractivity contribution is 0.584. The van der Waals surface area contributed by atoms with Crippen LogP contribution in [0.3, 0.4) is 0 Å². The first-order chi connectivity index (χ1) is 14.7. The molecule has 0 saturated heterocycles. The summed E-state index contributed by atoms with van der Waals surface area (Å²) in [5.74, 6) is 0. The molecule has 0 radical (unpaired) electrons. The van der Waals surface area contributed by atoms with E-state index in [1.54, 1.807) is 10.9 Å². The monoisotopic (exact) mass is 417 g/mol. The van der Waals surface area contributed by atoms with Crippen molar-refractivity contribution in [3.05, 3.63) is 70.2 Å². The zero-order chi connectivity index (χ0) is 20.7. The lowest BCUT2D eigenvalue weighted by Gasteiger charge is -2.08. The van der Waals surface area contributed by atoms with Crippen LogP contribution in [0.2, 0.25) is 5.02 Å². The Labute approximate surface area is 177 Å². The second-order valence-corrected chi connectivity index (χ2v) is 7.79. The summed E-state index contributed by atoms with van der Waals surface area (Å²) in [7, 11) is 0. The molecule has 0 spiro atoms. The molecule has 0 atom stereocenters. The van der Waals surface area contributed by atoms with Gasteiger partial charge in [0.2, 0.25) is 0 Å². The lowest BCUT2D eigenvalue weighted by Crippen LogP contribution is -2.20. The summed E-state index contributed by atoms with van der Waals surface area (Å²) in [4.78, 5) is 27.7. The Balaban J connectivity index is 1.88. The maximum atomic E-state index is 13.4. The third-order valence-corrected chi connectivity index (χ3v) is 5.53. The molecule has 0 bridgehead atoms. The van der Waals surface area contributed by atoms with Gasteiger partial charge in [-0.05, 0) is 36.8 Å². The first-order valence-electron chi connectivity index (χ1n) is 10.1. The van der Waals surface area contributed by atoms with Crippen molar-refractivity contribution in [1.82, 2.24) is 24.1 Å². The fourth-order valence-electron chi connectivity index (χ4n) is 3.82. The van der Waals surface area contributed by atoms with Crippen molar-refractivity contribution in [3.8, 4) is 5.69 Å². The van der Waals surface area contributed by atoms with E-state index in [9.17, 15) is 4.79 Å². The molecule has 5 aromatic rings. The van der Waals surface area contributed by atoms with Crippen LogP contribution in [0.25, 0.3) is 38.9 Å². The highest BCUT2D eigenvalue weighted by atomic mass is 35.5. The van der Waals surface area contributed by atoms with Crippen LogP contribution in [0.4, 0.5) is 0 Å². The maximum absolute atomic E-state index is 13.4. The molecule has 0 unspecified atom stereocenters. The third-order valence-electron chi connectivity index (χ3n) is 5.30. The molecule has 0 aliphatic heterocycles. The van der Waals surface area contributed by atoms with Crippen LogP contribution in [0.15, 0.2) is 59.7 Å². The van der Waals surface area contributed by atoms with Crippen LogP contribution >= 0.6 is 11.6 Å². The summed E-state index contributed by atoms with van der Waals surface area (Å²) in [6.07, 6.45) is 4.72. The fraction of sp³-hybridized carbons (Fsp3) is 0.217. The largest absolute Gasteiger partial charge is 0.299 e. The molecule has 2 aromatic carbocycles. The summed E-state index contributed by atoms with van der Waals surface area (Å²) < 4.78 is 3.55. The molecule has 3 aromatic heterocycles. The number of fused-ring (bicyclic) bond motifs is 4. The van der Waals surface area contributed by atoms with E-state index >= 15 is 0 Å². The Kier molecular flexibility index (Phi) is 4.71. The second-order valence-electron chi connectivity index (χ2n) is 7.35. The quantitative estimate of drug-likeness (QED) is 0.372. The number of hydrogen-bond acceptors (Lipinski definition) is 4. The van der Waals surface area contributed by atoms with Gasteiger partial charge in [0, 0.05) is 11.6 Å². The maximum Gasteiger partial charge on any atom is 0.265 e. The zero-order valence-corrected chi connectivity index (χ0v) is 17.3. The molecule has 3 heterocycles. The van der Waals surface area contributed by atoms with Gasteiger partial charge in [0.25, 0.3) is 5.56 Å². The molecular weight excluding hydrogens is 398 g/mol. The smallest absolute Gasteiger partial charge is 0.265 e. The van der Waals surface area contributed by atoms with E-state index in [0.29, 0.717) is 33.8 Å². The molecule has 5 rings (SSSR count). The number of nitrogens with zero attached hydrogens (tertiary/aromatic N) is 5. The van der Waals surface area contributed by atoms with Gasteiger partial charge in [0.15, 0.2) is 11.3 Å². The highest BCUT2D eigenvalue weighted by Crippen LogP contribution is 2.29. The number of para-hydroxylation sites is 2. The lowest BCUT2D eigenvalue weighted by atomic mass is 10.2. The van der Waals surface area contributed by atoms with Crippen LogP contribution in [0.1, 0.15) is 26.2 Å².